The van der Waals surface area contributed by atoms with E-state index >= 15 is 0 Å². The lowest BCUT2D eigenvalue weighted by molar-refractivity contribution is 0.0947. The molecule has 4 N–H and O–H groups in total. The molecule has 0 bridgehead atoms. The number of benzene rings is 1. The predicted octanol–water partition coefficient (Wildman–Crippen LogP) is 1.74. The molecule has 150 valence electrons. The number of aliphatic hydroxyl groups excluding tert-OH is 1. The first-order chi connectivity index (χ1) is 14.0. The lowest BCUT2D eigenvalue weighted by atomic mass is 10.1. The SMILES string of the molecule is O=C(NCc1cc(F)ccc1F)c1[nH]nc2ncnc(N[C@@H]3CC4C[C@H]4[C@H]3O)c12. The van der Waals surface area contributed by atoms with Gasteiger partial charge in [-0.15, -0.1) is 0 Å². The number of aliphatic hydroxyl groups is 1. The summed E-state index contributed by atoms with van der Waals surface area (Å²) < 4.78 is 27.1. The van der Waals surface area contributed by atoms with Gasteiger partial charge in [-0.25, -0.2) is 18.7 Å². The third-order valence-corrected chi connectivity index (χ3v) is 5.73. The lowest BCUT2D eigenvalue weighted by Gasteiger charge is -2.20. The van der Waals surface area contributed by atoms with Crippen molar-refractivity contribution < 1.29 is 18.7 Å². The molecule has 0 spiro atoms. The van der Waals surface area contributed by atoms with Crippen LogP contribution in [0.4, 0.5) is 14.6 Å². The number of hydrogen-bond acceptors (Lipinski definition) is 6. The molecule has 2 heterocycles. The Hall–Kier alpha value is -3.14. The standard InChI is InChI=1S/C19H18F2N6O2/c20-10-1-2-12(21)9(3-10)6-22-19(29)15-14-17(23-7-24-18(14)27-26-15)25-13-5-8-4-11(8)16(13)28/h1-3,7-8,11,13,16,28H,4-6H2,(H,22,29)(H2,23,24,25,26,27)/t8?,11-,13-,16-/m1/s1. The molecule has 29 heavy (non-hydrogen) atoms. The quantitative estimate of drug-likeness (QED) is 0.519. The van der Waals surface area contributed by atoms with Crippen LogP contribution in [0.5, 0.6) is 0 Å². The minimum atomic E-state index is -0.611. The van der Waals surface area contributed by atoms with Crippen molar-refractivity contribution in [2.45, 2.75) is 31.5 Å². The summed E-state index contributed by atoms with van der Waals surface area (Å²) in [6.45, 7) is -0.190. The fraction of sp³-hybridized carbons (Fsp3) is 0.368. The number of carbonyl (C=O) groups is 1. The Morgan fingerprint density at radius 2 is 2.14 bits per heavy atom. The molecule has 1 unspecified atom stereocenters. The van der Waals surface area contributed by atoms with Gasteiger partial charge in [0.15, 0.2) is 5.65 Å². The molecule has 5 rings (SSSR count). The van der Waals surface area contributed by atoms with Crippen molar-refractivity contribution in [1.29, 1.82) is 0 Å². The van der Waals surface area contributed by atoms with Gasteiger partial charge in [0, 0.05) is 12.1 Å². The Balaban J connectivity index is 1.38. The van der Waals surface area contributed by atoms with Crippen LogP contribution in [0.3, 0.4) is 0 Å². The Labute approximate surface area is 163 Å². The van der Waals surface area contributed by atoms with Crippen molar-refractivity contribution in [3.63, 3.8) is 0 Å². The molecule has 2 aromatic heterocycles. The number of aromatic amines is 1. The van der Waals surface area contributed by atoms with Gasteiger partial charge in [-0.1, -0.05) is 0 Å². The monoisotopic (exact) mass is 400 g/mol. The van der Waals surface area contributed by atoms with Crippen LogP contribution in [0.2, 0.25) is 0 Å². The van der Waals surface area contributed by atoms with Crippen LogP contribution in [-0.2, 0) is 6.54 Å². The first-order valence-corrected chi connectivity index (χ1v) is 9.37. The average molecular weight is 400 g/mol. The smallest absolute Gasteiger partial charge is 0.270 e. The van der Waals surface area contributed by atoms with Crippen LogP contribution >= 0.6 is 0 Å². The Kier molecular flexibility index (Phi) is 4.16. The number of aromatic nitrogens is 4. The number of nitrogens with zero attached hydrogens (tertiary/aromatic N) is 3. The number of hydrogen-bond donors (Lipinski definition) is 4. The third-order valence-electron chi connectivity index (χ3n) is 5.73. The summed E-state index contributed by atoms with van der Waals surface area (Å²) in [7, 11) is 0. The maximum Gasteiger partial charge on any atom is 0.270 e. The fourth-order valence-electron chi connectivity index (χ4n) is 4.12. The largest absolute Gasteiger partial charge is 0.391 e. The summed E-state index contributed by atoms with van der Waals surface area (Å²) in [4.78, 5) is 21.0. The van der Waals surface area contributed by atoms with E-state index in [9.17, 15) is 18.7 Å². The molecular formula is C19H18F2N6O2. The zero-order valence-corrected chi connectivity index (χ0v) is 15.2. The van der Waals surface area contributed by atoms with Crippen molar-refractivity contribution in [2.24, 2.45) is 11.8 Å². The van der Waals surface area contributed by atoms with Crippen molar-refractivity contribution in [3.8, 4) is 0 Å². The maximum absolute atomic E-state index is 13.8. The highest BCUT2D eigenvalue weighted by atomic mass is 19.1. The van der Waals surface area contributed by atoms with Crippen LogP contribution < -0.4 is 10.6 Å². The van der Waals surface area contributed by atoms with Gasteiger partial charge in [-0.3, -0.25) is 9.89 Å². The minimum absolute atomic E-state index is 0.0325. The molecule has 0 saturated heterocycles. The van der Waals surface area contributed by atoms with Crippen molar-refractivity contribution in [3.05, 3.63) is 47.4 Å². The van der Waals surface area contributed by atoms with Crippen LogP contribution in [-0.4, -0.2) is 43.3 Å². The number of halogens is 2. The lowest BCUT2D eigenvalue weighted by Crippen LogP contribution is -2.32. The van der Waals surface area contributed by atoms with Gasteiger partial charge >= 0.3 is 0 Å². The molecule has 1 aromatic carbocycles. The Bertz CT molecular complexity index is 1100. The molecular weight excluding hydrogens is 382 g/mol. The van der Waals surface area contributed by atoms with E-state index in [0.717, 1.165) is 31.0 Å². The molecule has 2 fully saturated rings. The van der Waals surface area contributed by atoms with E-state index in [-0.39, 0.29) is 23.8 Å². The zero-order valence-electron chi connectivity index (χ0n) is 15.2. The molecule has 2 saturated carbocycles. The normalized spacial score (nSPS) is 25.1. The number of H-pyrrole nitrogens is 1. The molecule has 0 radical (unpaired) electrons. The third kappa shape index (κ3) is 3.19. The van der Waals surface area contributed by atoms with E-state index in [4.69, 9.17) is 0 Å². The number of anilines is 1. The van der Waals surface area contributed by atoms with Gasteiger partial charge in [-0.2, -0.15) is 5.10 Å². The summed E-state index contributed by atoms with van der Waals surface area (Å²) in [5, 5.41) is 23.2. The highest BCUT2D eigenvalue weighted by Crippen LogP contribution is 2.52. The molecule has 8 nitrogen and oxygen atoms in total. The average Bonchev–Trinajstić information content (AvgIpc) is 3.22. The van der Waals surface area contributed by atoms with Gasteiger partial charge in [0.2, 0.25) is 0 Å². The number of fused-ring (bicyclic) bond motifs is 2. The van der Waals surface area contributed by atoms with E-state index < -0.39 is 23.6 Å². The second-order valence-corrected chi connectivity index (χ2v) is 7.57. The second kappa shape index (κ2) is 6.73. The van der Waals surface area contributed by atoms with Crippen LogP contribution in [0, 0.1) is 23.5 Å². The molecule has 0 aliphatic heterocycles. The van der Waals surface area contributed by atoms with Crippen molar-refractivity contribution in [1.82, 2.24) is 25.5 Å². The van der Waals surface area contributed by atoms with Gasteiger partial charge in [0.25, 0.3) is 5.91 Å². The van der Waals surface area contributed by atoms with Crippen LogP contribution in [0.15, 0.2) is 24.5 Å². The van der Waals surface area contributed by atoms with E-state index in [1.807, 2.05) is 0 Å². The summed E-state index contributed by atoms with van der Waals surface area (Å²) in [5.74, 6) is -0.484. The molecule has 1 amide bonds. The number of nitrogens with one attached hydrogen (secondary N) is 3. The van der Waals surface area contributed by atoms with E-state index in [1.165, 1.54) is 6.33 Å². The summed E-state index contributed by atoms with van der Waals surface area (Å²) in [6, 6.07) is 2.91. The van der Waals surface area contributed by atoms with E-state index in [0.29, 0.717) is 28.7 Å². The van der Waals surface area contributed by atoms with Gasteiger partial charge < -0.3 is 15.7 Å². The zero-order chi connectivity index (χ0) is 20.1. The van der Waals surface area contributed by atoms with E-state index in [1.54, 1.807) is 0 Å². The summed E-state index contributed by atoms with van der Waals surface area (Å²) in [6.07, 6.45) is 2.77. The minimum Gasteiger partial charge on any atom is -0.391 e. The fourth-order valence-corrected chi connectivity index (χ4v) is 4.12. The first-order valence-electron chi connectivity index (χ1n) is 9.37. The Morgan fingerprint density at radius 1 is 1.28 bits per heavy atom. The number of amides is 1. The van der Waals surface area contributed by atoms with E-state index in [2.05, 4.69) is 30.8 Å². The maximum atomic E-state index is 13.8. The summed E-state index contributed by atoms with van der Waals surface area (Å²) in [5.41, 5.74) is 0.435. The molecule has 4 atom stereocenters. The number of rotatable bonds is 5. The van der Waals surface area contributed by atoms with Gasteiger partial charge in [0.1, 0.15) is 29.5 Å². The van der Waals surface area contributed by atoms with Crippen molar-refractivity contribution >= 4 is 22.8 Å². The van der Waals surface area contributed by atoms with Crippen LogP contribution in [0.1, 0.15) is 28.9 Å². The summed E-state index contributed by atoms with van der Waals surface area (Å²) >= 11 is 0. The molecule has 10 heteroatoms. The highest BCUT2D eigenvalue weighted by Gasteiger charge is 2.53. The van der Waals surface area contributed by atoms with Crippen LogP contribution in [0.25, 0.3) is 11.0 Å². The van der Waals surface area contributed by atoms with Gasteiger partial charge in [-0.05, 0) is 42.9 Å². The second-order valence-electron chi connectivity index (χ2n) is 7.57. The first kappa shape index (κ1) is 17.9. The van der Waals surface area contributed by atoms with Gasteiger partial charge in [0.05, 0.1) is 17.5 Å². The van der Waals surface area contributed by atoms with Crippen molar-refractivity contribution in [2.75, 3.05) is 5.32 Å². The predicted molar refractivity (Wildman–Crippen MR) is 98.8 cm³/mol. The molecule has 3 aromatic rings. The molecule has 2 aliphatic carbocycles. The Morgan fingerprint density at radius 3 is 2.93 bits per heavy atom. The topological polar surface area (TPSA) is 116 Å². The molecule has 2 aliphatic rings. The highest BCUT2D eigenvalue weighted by molar-refractivity contribution is 6.07. The number of carbonyl (C=O) groups excluding carboxylic acids is 1.